The molecule has 0 radical (unpaired) electrons. The molecule has 1 aromatic rings. The SMILES string of the molecule is CN1CCCN(c2nc(C(=O)O)cs2)CC1=O. The molecule has 1 N–H and O–H groups in total. The number of rotatable bonds is 2. The quantitative estimate of drug-likeness (QED) is 0.833. The van der Waals surface area contributed by atoms with Crippen LogP contribution in [0.4, 0.5) is 5.13 Å². The van der Waals surface area contributed by atoms with E-state index in [2.05, 4.69) is 4.98 Å². The molecule has 92 valence electrons. The molecular weight excluding hydrogens is 242 g/mol. The predicted molar refractivity (Wildman–Crippen MR) is 63.5 cm³/mol. The first-order valence-electron chi connectivity index (χ1n) is 5.25. The standard InChI is InChI=1S/C10H13N3O3S/c1-12-3-2-4-13(5-8(12)14)10-11-7(6-17-10)9(15)16/h6H,2-5H2,1H3,(H,15,16). The van der Waals surface area contributed by atoms with Crippen molar-refractivity contribution >= 4 is 28.3 Å². The molecule has 1 fully saturated rings. The number of amides is 1. The van der Waals surface area contributed by atoms with Crippen LogP contribution in [0.1, 0.15) is 16.9 Å². The van der Waals surface area contributed by atoms with Crippen LogP contribution in [0.15, 0.2) is 5.38 Å². The third kappa shape index (κ3) is 2.55. The first-order chi connectivity index (χ1) is 8.08. The molecule has 0 spiro atoms. The van der Waals surface area contributed by atoms with Crippen LogP contribution < -0.4 is 4.90 Å². The average molecular weight is 255 g/mol. The van der Waals surface area contributed by atoms with Crippen molar-refractivity contribution in [2.75, 3.05) is 31.6 Å². The molecule has 6 nitrogen and oxygen atoms in total. The van der Waals surface area contributed by atoms with Crippen LogP contribution in [0.25, 0.3) is 0 Å². The van der Waals surface area contributed by atoms with E-state index < -0.39 is 5.97 Å². The maximum absolute atomic E-state index is 11.7. The van der Waals surface area contributed by atoms with Gasteiger partial charge in [-0.2, -0.15) is 0 Å². The van der Waals surface area contributed by atoms with Gasteiger partial charge in [-0.1, -0.05) is 0 Å². The molecule has 1 aliphatic rings. The van der Waals surface area contributed by atoms with Crippen LogP contribution in [0.3, 0.4) is 0 Å². The second-order valence-electron chi connectivity index (χ2n) is 3.91. The molecular formula is C10H13N3O3S. The predicted octanol–water partition coefficient (Wildman–Crippen LogP) is 0.510. The number of carbonyl (C=O) groups excluding carboxylic acids is 1. The summed E-state index contributed by atoms with van der Waals surface area (Å²) in [5.41, 5.74) is 0.0371. The molecule has 0 aliphatic carbocycles. The average Bonchev–Trinajstić information content (AvgIpc) is 2.70. The van der Waals surface area contributed by atoms with E-state index in [1.54, 1.807) is 11.9 Å². The number of hydrogen-bond donors (Lipinski definition) is 1. The Morgan fingerprint density at radius 2 is 2.29 bits per heavy atom. The normalized spacial score (nSPS) is 17.1. The highest BCUT2D eigenvalue weighted by atomic mass is 32.1. The summed E-state index contributed by atoms with van der Waals surface area (Å²) in [6, 6.07) is 0. The van der Waals surface area contributed by atoms with E-state index in [4.69, 9.17) is 5.11 Å². The molecule has 0 bridgehead atoms. The van der Waals surface area contributed by atoms with Gasteiger partial charge in [0, 0.05) is 25.5 Å². The molecule has 1 aromatic heterocycles. The summed E-state index contributed by atoms with van der Waals surface area (Å²) in [5.74, 6) is -1.000. The fourth-order valence-corrected chi connectivity index (χ4v) is 2.48. The number of carbonyl (C=O) groups is 2. The number of anilines is 1. The van der Waals surface area contributed by atoms with Gasteiger partial charge >= 0.3 is 5.97 Å². The van der Waals surface area contributed by atoms with Crippen LogP contribution in [0.2, 0.25) is 0 Å². The number of hydrogen-bond acceptors (Lipinski definition) is 5. The van der Waals surface area contributed by atoms with E-state index in [0.29, 0.717) is 5.13 Å². The lowest BCUT2D eigenvalue weighted by molar-refractivity contribution is -0.127. The van der Waals surface area contributed by atoms with Gasteiger partial charge in [0.25, 0.3) is 0 Å². The number of aromatic carboxylic acids is 1. The number of thiazole rings is 1. The minimum Gasteiger partial charge on any atom is -0.476 e. The topological polar surface area (TPSA) is 73.7 Å². The maximum atomic E-state index is 11.7. The van der Waals surface area contributed by atoms with E-state index in [-0.39, 0.29) is 18.1 Å². The van der Waals surface area contributed by atoms with E-state index in [1.165, 1.54) is 16.7 Å². The van der Waals surface area contributed by atoms with Crippen molar-refractivity contribution in [2.24, 2.45) is 0 Å². The van der Waals surface area contributed by atoms with Crippen LogP contribution in [-0.4, -0.2) is 53.5 Å². The lowest BCUT2D eigenvalue weighted by Gasteiger charge is -2.18. The Balaban J connectivity index is 2.15. The molecule has 2 heterocycles. The van der Waals surface area contributed by atoms with Crippen molar-refractivity contribution in [3.05, 3.63) is 11.1 Å². The summed E-state index contributed by atoms with van der Waals surface area (Å²) < 4.78 is 0. The largest absolute Gasteiger partial charge is 0.476 e. The molecule has 0 saturated carbocycles. The van der Waals surface area contributed by atoms with Crippen LogP contribution >= 0.6 is 11.3 Å². The highest BCUT2D eigenvalue weighted by molar-refractivity contribution is 7.13. The number of carboxylic acids is 1. The van der Waals surface area contributed by atoms with Crippen molar-refractivity contribution in [2.45, 2.75) is 6.42 Å². The second-order valence-corrected chi connectivity index (χ2v) is 4.75. The van der Waals surface area contributed by atoms with Crippen molar-refractivity contribution in [3.8, 4) is 0 Å². The Morgan fingerprint density at radius 3 is 2.94 bits per heavy atom. The van der Waals surface area contributed by atoms with E-state index in [0.717, 1.165) is 19.5 Å². The lowest BCUT2D eigenvalue weighted by atomic mass is 10.4. The van der Waals surface area contributed by atoms with Gasteiger partial charge in [-0.3, -0.25) is 4.79 Å². The zero-order valence-corrected chi connectivity index (χ0v) is 10.2. The summed E-state index contributed by atoms with van der Waals surface area (Å²) in [6.45, 7) is 1.72. The van der Waals surface area contributed by atoms with Crippen molar-refractivity contribution in [1.29, 1.82) is 0 Å². The molecule has 0 unspecified atom stereocenters. The Kier molecular flexibility index (Phi) is 3.28. The molecule has 0 atom stereocenters. The van der Waals surface area contributed by atoms with Crippen LogP contribution in [0, 0.1) is 0 Å². The smallest absolute Gasteiger partial charge is 0.355 e. The second kappa shape index (κ2) is 4.70. The van der Waals surface area contributed by atoms with Gasteiger partial charge in [-0.15, -0.1) is 11.3 Å². The Labute approximate surface area is 102 Å². The Hall–Kier alpha value is -1.63. The summed E-state index contributed by atoms with van der Waals surface area (Å²) >= 11 is 1.26. The Morgan fingerprint density at radius 1 is 1.53 bits per heavy atom. The number of likely N-dealkylation sites (N-methyl/N-ethyl adjacent to an activating group) is 1. The summed E-state index contributed by atoms with van der Waals surface area (Å²) in [4.78, 5) is 29.9. The van der Waals surface area contributed by atoms with Crippen LogP contribution in [0.5, 0.6) is 0 Å². The fraction of sp³-hybridized carbons (Fsp3) is 0.500. The van der Waals surface area contributed by atoms with Gasteiger partial charge < -0.3 is 14.9 Å². The zero-order valence-electron chi connectivity index (χ0n) is 9.42. The Bertz CT molecular complexity index is 446. The van der Waals surface area contributed by atoms with Crippen molar-refractivity contribution < 1.29 is 14.7 Å². The van der Waals surface area contributed by atoms with E-state index >= 15 is 0 Å². The van der Waals surface area contributed by atoms with Gasteiger partial charge in [0.2, 0.25) is 5.91 Å². The summed E-state index contributed by atoms with van der Waals surface area (Å²) in [6.07, 6.45) is 0.865. The van der Waals surface area contributed by atoms with Gasteiger partial charge in [-0.25, -0.2) is 9.78 Å². The minimum absolute atomic E-state index is 0.0366. The minimum atomic E-state index is -1.04. The first kappa shape index (κ1) is 11.8. The zero-order chi connectivity index (χ0) is 12.4. The maximum Gasteiger partial charge on any atom is 0.355 e. The third-order valence-corrected chi connectivity index (χ3v) is 3.56. The third-order valence-electron chi connectivity index (χ3n) is 2.66. The molecule has 2 rings (SSSR count). The van der Waals surface area contributed by atoms with Gasteiger partial charge in [-0.05, 0) is 6.42 Å². The highest BCUT2D eigenvalue weighted by Gasteiger charge is 2.21. The van der Waals surface area contributed by atoms with E-state index in [9.17, 15) is 9.59 Å². The molecule has 1 amide bonds. The lowest BCUT2D eigenvalue weighted by Crippen LogP contribution is -2.34. The van der Waals surface area contributed by atoms with Gasteiger partial charge in [0.15, 0.2) is 10.8 Å². The molecule has 17 heavy (non-hydrogen) atoms. The van der Waals surface area contributed by atoms with Crippen LogP contribution in [-0.2, 0) is 4.79 Å². The molecule has 1 saturated heterocycles. The van der Waals surface area contributed by atoms with Crippen molar-refractivity contribution in [1.82, 2.24) is 9.88 Å². The first-order valence-corrected chi connectivity index (χ1v) is 6.13. The molecule has 7 heteroatoms. The summed E-state index contributed by atoms with van der Waals surface area (Å²) in [5, 5.41) is 10.9. The molecule has 1 aliphatic heterocycles. The number of aromatic nitrogens is 1. The van der Waals surface area contributed by atoms with Crippen molar-refractivity contribution in [3.63, 3.8) is 0 Å². The highest BCUT2D eigenvalue weighted by Crippen LogP contribution is 2.21. The summed E-state index contributed by atoms with van der Waals surface area (Å²) in [7, 11) is 1.77. The fourth-order valence-electron chi connectivity index (χ4n) is 1.66. The molecule has 0 aromatic carbocycles. The number of carboxylic acid groups (broad SMARTS) is 1. The van der Waals surface area contributed by atoms with Gasteiger partial charge in [0.05, 0.1) is 6.54 Å². The van der Waals surface area contributed by atoms with E-state index in [1.807, 2.05) is 4.90 Å². The van der Waals surface area contributed by atoms with Gasteiger partial charge in [0.1, 0.15) is 0 Å². The number of nitrogens with zero attached hydrogens (tertiary/aromatic N) is 3. The monoisotopic (exact) mass is 255 g/mol.